The molecule has 3 rings (SSSR count). The zero-order valence-electron chi connectivity index (χ0n) is 13.8. The van der Waals surface area contributed by atoms with Gasteiger partial charge in [-0.2, -0.15) is 4.68 Å². The van der Waals surface area contributed by atoms with Crippen LogP contribution in [0.1, 0.15) is 11.1 Å². The van der Waals surface area contributed by atoms with Crippen molar-refractivity contribution in [3.05, 3.63) is 53.6 Å². The van der Waals surface area contributed by atoms with E-state index in [0.29, 0.717) is 10.8 Å². The van der Waals surface area contributed by atoms with Crippen LogP contribution in [0.15, 0.2) is 47.6 Å². The van der Waals surface area contributed by atoms with Crippen LogP contribution in [0.3, 0.4) is 0 Å². The fourth-order valence-electron chi connectivity index (χ4n) is 2.40. The zero-order valence-corrected chi connectivity index (χ0v) is 14.6. The number of phenolic OH excluding ortho intramolecular Hbond substituents is 1. The molecule has 0 saturated heterocycles. The topological polar surface area (TPSA) is 92.9 Å². The Morgan fingerprint density at radius 2 is 1.84 bits per heavy atom. The molecule has 0 spiro atoms. The molecule has 2 N–H and O–H groups in total. The van der Waals surface area contributed by atoms with E-state index in [1.165, 1.54) is 16.4 Å². The van der Waals surface area contributed by atoms with Crippen molar-refractivity contribution in [1.29, 1.82) is 0 Å². The van der Waals surface area contributed by atoms with Gasteiger partial charge in [-0.15, -0.1) is 5.10 Å². The lowest BCUT2D eigenvalue weighted by atomic mass is 10.1. The number of carbonyl (C=O) groups excluding carboxylic acids is 1. The fourth-order valence-corrected chi connectivity index (χ4v) is 3.09. The smallest absolute Gasteiger partial charge is 0.234 e. The van der Waals surface area contributed by atoms with Gasteiger partial charge in [-0.3, -0.25) is 4.79 Å². The summed E-state index contributed by atoms with van der Waals surface area (Å²) in [5.41, 5.74) is 3.68. The van der Waals surface area contributed by atoms with Gasteiger partial charge in [-0.05, 0) is 71.8 Å². The van der Waals surface area contributed by atoms with Gasteiger partial charge < -0.3 is 10.4 Å². The Balaban J connectivity index is 1.65. The molecule has 0 bridgehead atoms. The highest BCUT2D eigenvalue weighted by Crippen LogP contribution is 2.20. The Kier molecular flexibility index (Phi) is 4.99. The van der Waals surface area contributed by atoms with E-state index in [2.05, 4.69) is 26.9 Å². The second kappa shape index (κ2) is 7.35. The van der Waals surface area contributed by atoms with Crippen LogP contribution in [0.25, 0.3) is 5.69 Å². The van der Waals surface area contributed by atoms with Crippen molar-refractivity contribution in [1.82, 2.24) is 20.2 Å². The Morgan fingerprint density at radius 1 is 1.16 bits per heavy atom. The van der Waals surface area contributed by atoms with Gasteiger partial charge in [-0.1, -0.05) is 17.8 Å². The highest BCUT2D eigenvalue weighted by atomic mass is 32.2. The van der Waals surface area contributed by atoms with Gasteiger partial charge in [-0.25, -0.2) is 0 Å². The van der Waals surface area contributed by atoms with E-state index in [4.69, 9.17) is 0 Å². The third-order valence-electron chi connectivity index (χ3n) is 3.37. The largest absolute Gasteiger partial charge is 0.508 e. The van der Waals surface area contributed by atoms with Gasteiger partial charge in [0.15, 0.2) is 0 Å². The molecule has 0 radical (unpaired) electrons. The van der Waals surface area contributed by atoms with Crippen molar-refractivity contribution >= 4 is 23.4 Å². The summed E-state index contributed by atoms with van der Waals surface area (Å²) in [6.07, 6.45) is 0. The minimum atomic E-state index is -0.129. The van der Waals surface area contributed by atoms with E-state index in [1.807, 2.05) is 26.0 Å². The molecule has 0 fully saturated rings. The third-order valence-corrected chi connectivity index (χ3v) is 4.29. The number of aryl methyl sites for hydroxylation is 2. The van der Waals surface area contributed by atoms with Gasteiger partial charge in [0, 0.05) is 5.69 Å². The van der Waals surface area contributed by atoms with E-state index in [0.717, 1.165) is 16.8 Å². The Morgan fingerprint density at radius 3 is 2.52 bits per heavy atom. The molecule has 25 heavy (non-hydrogen) atoms. The molecular formula is C17H17N5O2S. The molecule has 0 aliphatic carbocycles. The molecular weight excluding hydrogens is 338 g/mol. The Hall–Kier alpha value is -2.87. The van der Waals surface area contributed by atoms with E-state index >= 15 is 0 Å². The molecule has 1 amide bonds. The van der Waals surface area contributed by atoms with Crippen molar-refractivity contribution in [3.63, 3.8) is 0 Å². The van der Waals surface area contributed by atoms with E-state index in [9.17, 15) is 9.90 Å². The van der Waals surface area contributed by atoms with Crippen LogP contribution in [0.2, 0.25) is 0 Å². The quantitative estimate of drug-likeness (QED) is 0.684. The number of aromatic nitrogens is 4. The molecule has 1 aromatic heterocycles. The predicted octanol–water partition coefficient (Wildman–Crippen LogP) is 2.72. The van der Waals surface area contributed by atoms with Crippen molar-refractivity contribution in [2.24, 2.45) is 0 Å². The summed E-state index contributed by atoms with van der Waals surface area (Å²) in [6, 6.07) is 12.4. The van der Waals surface area contributed by atoms with Gasteiger partial charge in [0.05, 0.1) is 11.4 Å². The summed E-state index contributed by atoms with van der Waals surface area (Å²) in [5, 5.41) is 24.3. The molecule has 8 heteroatoms. The highest BCUT2D eigenvalue weighted by Gasteiger charge is 2.12. The molecule has 128 valence electrons. The molecule has 1 heterocycles. The summed E-state index contributed by atoms with van der Waals surface area (Å²) in [6.45, 7) is 3.98. The lowest BCUT2D eigenvalue weighted by Crippen LogP contribution is -2.14. The maximum atomic E-state index is 12.2. The minimum absolute atomic E-state index is 0.129. The molecule has 7 nitrogen and oxygen atoms in total. The van der Waals surface area contributed by atoms with Crippen LogP contribution in [0.5, 0.6) is 5.75 Å². The van der Waals surface area contributed by atoms with Gasteiger partial charge in [0.25, 0.3) is 0 Å². The average molecular weight is 355 g/mol. The molecule has 0 atom stereocenters. The van der Waals surface area contributed by atoms with Crippen LogP contribution >= 0.6 is 11.8 Å². The normalized spacial score (nSPS) is 10.6. The van der Waals surface area contributed by atoms with Crippen LogP contribution in [-0.2, 0) is 4.79 Å². The number of thioether (sulfide) groups is 1. The van der Waals surface area contributed by atoms with E-state index in [1.54, 1.807) is 24.3 Å². The summed E-state index contributed by atoms with van der Waals surface area (Å²) in [7, 11) is 0. The number of hydrogen-bond donors (Lipinski definition) is 2. The van der Waals surface area contributed by atoms with E-state index in [-0.39, 0.29) is 17.4 Å². The summed E-state index contributed by atoms with van der Waals surface area (Å²) < 4.78 is 1.52. The average Bonchev–Trinajstić information content (AvgIpc) is 3.01. The molecule has 0 unspecified atom stereocenters. The second-order valence-corrected chi connectivity index (χ2v) is 6.55. The fraction of sp³-hybridized carbons (Fsp3) is 0.176. The molecule has 0 aliphatic heterocycles. The highest BCUT2D eigenvalue weighted by molar-refractivity contribution is 7.99. The van der Waals surface area contributed by atoms with Crippen molar-refractivity contribution < 1.29 is 9.90 Å². The monoisotopic (exact) mass is 355 g/mol. The first-order chi connectivity index (χ1) is 12.0. The number of rotatable bonds is 5. The second-order valence-electron chi connectivity index (χ2n) is 5.60. The van der Waals surface area contributed by atoms with Gasteiger partial charge in [0.1, 0.15) is 5.75 Å². The summed E-state index contributed by atoms with van der Waals surface area (Å²) >= 11 is 1.24. The standard InChI is InChI=1S/C17H17N5O2S/c1-11-7-12(2)9-13(8-11)18-16(24)10-25-17-19-20-21-22(17)14-3-5-15(23)6-4-14/h3-9,23H,10H2,1-2H3,(H,18,24). The van der Waals surface area contributed by atoms with Crippen molar-refractivity contribution in [2.45, 2.75) is 19.0 Å². The number of hydrogen-bond acceptors (Lipinski definition) is 6. The number of anilines is 1. The lowest BCUT2D eigenvalue weighted by Gasteiger charge is -2.07. The first-order valence-electron chi connectivity index (χ1n) is 7.60. The van der Waals surface area contributed by atoms with E-state index < -0.39 is 0 Å². The number of nitrogens with zero attached hydrogens (tertiary/aromatic N) is 4. The number of nitrogens with one attached hydrogen (secondary N) is 1. The van der Waals surface area contributed by atoms with Crippen molar-refractivity contribution in [3.8, 4) is 11.4 Å². The lowest BCUT2D eigenvalue weighted by molar-refractivity contribution is -0.113. The first kappa shape index (κ1) is 17.0. The molecule has 2 aromatic carbocycles. The predicted molar refractivity (Wildman–Crippen MR) is 96.1 cm³/mol. The number of carbonyl (C=O) groups is 1. The first-order valence-corrected chi connectivity index (χ1v) is 8.58. The third kappa shape index (κ3) is 4.36. The Labute approximate surface area is 149 Å². The number of phenols is 1. The SMILES string of the molecule is Cc1cc(C)cc(NC(=O)CSc2nnnn2-c2ccc(O)cc2)c1. The number of aromatic hydroxyl groups is 1. The van der Waals surface area contributed by atoms with Gasteiger partial charge in [0.2, 0.25) is 11.1 Å². The van der Waals surface area contributed by atoms with Crippen LogP contribution in [-0.4, -0.2) is 37.0 Å². The molecule has 0 aliphatic rings. The maximum absolute atomic E-state index is 12.2. The number of amides is 1. The minimum Gasteiger partial charge on any atom is -0.508 e. The molecule has 3 aromatic rings. The zero-order chi connectivity index (χ0) is 17.8. The number of benzene rings is 2. The summed E-state index contributed by atoms with van der Waals surface area (Å²) in [4.78, 5) is 12.2. The maximum Gasteiger partial charge on any atom is 0.234 e. The number of tetrazole rings is 1. The van der Waals surface area contributed by atoms with Gasteiger partial charge >= 0.3 is 0 Å². The Bertz CT molecular complexity index is 872. The van der Waals surface area contributed by atoms with Crippen LogP contribution < -0.4 is 5.32 Å². The van der Waals surface area contributed by atoms with Crippen molar-refractivity contribution in [2.75, 3.05) is 11.1 Å². The van der Waals surface area contributed by atoms with Crippen LogP contribution in [0, 0.1) is 13.8 Å². The molecule has 0 saturated carbocycles. The summed E-state index contributed by atoms with van der Waals surface area (Å²) in [5.74, 6) is 0.222. The van der Waals surface area contributed by atoms with Crippen LogP contribution in [0.4, 0.5) is 5.69 Å².